The molecule has 0 fully saturated rings. The van der Waals surface area contributed by atoms with Crippen molar-refractivity contribution in [2.45, 2.75) is 6.42 Å². The molecule has 0 spiro atoms. The highest BCUT2D eigenvalue weighted by Crippen LogP contribution is 2.32. The maximum absolute atomic E-state index is 10.9. The number of hydrogen-bond acceptors (Lipinski definition) is 4. The zero-order valence-electron chi connectivity index (χ0n) is 7.45. The zero-order valence-corrected chi connectivity index (χ0v) is 9.04. The van der Waals surface area contributed by atoms with E-state index >= 15 is 0 Å². The first-order valence-corrected chi connectivity index (χ1v) is 4.61. The standard InChI is InChI=1S/C9H9BrO4/c1-14-8(12)3-5-2-6(11)4-7(10)9(5)13/h2,4,11,13H,3H2,1H3. The van der Waals surface area contributed by atoms with E-state index in [0.29, 0.717) is 10.0 Å². The number of ether oxygens (including phenoxy) is 1. The van der Waals surface area contributed by atoms with E-state index in [4.69, 9.17) is 0 Å². The van der Waals surface area contributed by atoms with Crippen LogP contribution < -0.4 is 0 Å². The minimum Gasteiger partial charge on any atom is -0.508 e. The normalized spacial score (nSPS) is 9.86. The van der Waals surface area contributed by atoms with Gasteiger partial charge in [0, 0.05) is 5.56 Å². The number of carbonyl (C=O) groups excluding carboxylic acids is 1. The summed E-state index contributed by atoms with van der Waals surface area (Å²) < 4.78 is 4.79. The van der Waals surface area contributed by atoms with E-state index in [1.54, 1.807) is 0 Å². The van der Waals surface area contributed by atoms with Gasteiger partial charge in [0.25, 0.3) is 0 Å². The van der Waals surface area contributed by atoms with Gasteiger partial charge in [-0.1, -0.05) is 0 Å². The van der Waals surface area contributed by atoms with E-state index in [1.165, 1.54) is 19.2 Å². The van der Waals surface area contributed by atoms with Gasteiger partial charge in [0.05, 0.1) is 18.0 Å². The molecule has 0 bridgehead atoms. The molecule has 1 rings (SSSR count). The fraction of sp³-hybridized carbons (Fsp3) is 0.222. The Labute approximate surface area is 89.3 Å². The van der Waals surface area contributed by atoms with Crippen molar-refractivity contribution >= 4 is 21.9 Å². The first kappa shape index (κ1) is 10.8. The number of halogens is 1. The SMILES string of the molecule is COC(=O)Cc1cc(O)cc(Br)c1O. The minimum atomic E-state index is -0.474. The molecule has 5 heteroatoms. The highest BCUT2D eigenvalue weighted by atomic mass is 79.9. The lowest BCUT2D eigenvalue weighted by Gasteiger charge is -2.05. The fourth-order valence-corrected chi connectivity index (χ4v) is 1.49. The lowest BCUT2D eigenvalue weighted by atomic mass is 10.1. The van der Waals surface area contributed by atoms with Crippen LogP contribution in [0.4, 0.5) is 0 Å². The number of aromatic hydroxyl groups is 2. The van der Waals surface area contributed by atoms with Crippen LogP contribution in [-0.4, -0.2) is 23.3 Å². The van der Waals surface area contributed by atoms with Gasteiger partial charge in [-0.25, -0.2) is 0 Å². The Balaban J connectivity index is 3.02. The lowest BCUT2D eigenvalue weighted by Crippen LogP contribution is -2.04. The van der Waals surface area contributed by atoms with Crippen molar-refractivity contribution in [3.05, 3.63) is 22.2 Å². The third-order valence-electron chi connectivity index (χ3n) is 1.69. The van der Waals surface area contributed by atoms with E-state index < -0.39 is 5.97 Å². The molecule has 1 aromatic rings. The molecule has 76 valence electrons. The minimum absolute atomic E-state index is 0.0198. The summed E-state index contributed by atoms with van der Waals surface area (Å²) in [6.07, 6.45) is -0.0741. The summed E-state index contributed by atoms with van der Waals surface area (Å²) in [4.78, 5) is 10.9. The summed E-state index contributed by atoms with van der Waals surface area (Å²) >= 11 is 3.05. The molecule has 0 aliphatic carbocycles. The average molecular weight is 261 g/mol. The van der Waals surface area contributed by atoms with E-state index in [0.717, 1.165) is 0 Å². The summed E-state index contributed by atoms with van der Waals surface area (Å²) in [5.41, 5.74) is 0.323. The van der Waals surface area contributed by atoms with Crippen LogP contribution in [-0.2, 0) is 16.0 Å². The largest absolute Gasteiger partial charge is 0.508 e. The Morgan fingerprint density at radius 3 is 2.71 bits per heavy atom. The van der Waals surface area contributed by atoms with Gasteiger partial charge in [0.1, 0.15) is 11.5 Å². The Bertz CT molecular complexity index is 362. The smallest absolute Gasteiger partial charge is 0.310 e. The third kappa shape index (κ3) is 2.38. The maximum atomic E-state index is 10.9. The number of esters is 1. The second kappa shape index (κ2) is 4.32. The van der Waals surface area contributed by atoms with Gasteiger partial charge in [0.2, 0.25) is 0 Å². The number of carbonyl (C=O) groups is 1. The van der Waals surface area contributed by atoms with Gasteiger partial charge in [-0.2, -0.15) is 0 Å². The summed E-state index contributed by atoms with van der Waals surface area (Å²) in [6, 6.07) is 2.66. The molecule has 0 aliphatic rings. The van der Waals surface area contributed by atoms with Gasteiger partial charge >= 0.3 is 5.97 Å². The predicted octanol–water partition coefficient (Wildman–Crippen LogP) is 1.58. The van der Waals surface area contributed by atoms with E-state index in [-0.39, 0.29) is 17.9 Å². The van der Waals surface area contributed by atoms with Gasteiger partial charge in [-0.05, 0) is 28.1 Å². The van der Waals surface area contributed by atoms with Gasteiger partial charge < -0.3 is 14.9 Å². The number of phenols is 2. The molecule has 2 N–H and O–H groups in total. The second-order valence-corrected chi connectivity index (χ2v) is 3.54. The number of hydrogen-bond donors (Lipinski definition) is 2. The topological polar surface area (TPSA) is 66.8 Å². The quantitative estimate of drug-likeness (QED) is 0.626. The molecule has 0 amide bonds. The number of benzene rings is 1. The Hall–Kier alpha value is -1.23. The number of methoxy groups -OCH3 is 1. The van der Waals surface area contributed by atoms with Crippen LogP contribution in [0.25, 0.3) is 0 Å². The summed E-state index contributed by atoms with van der Waals surface area (Å²) in [5.74, 6) is -0.556. The molecule has 0 radical (unpaired) electrons. The molecule has 0 unspecified atom stereocenters. The van der Waals surface area contributed by atoms with Crippen LogP contribution in [0.2, 0.25) is 0 Å². The van der Waals surface area contributed by atoms with Crippen LogP contribution in [0.15, 0.2) is 16.6 Å². The molecule has 0 saturated heterocycles. The van der Waals surface area contributed by atoms with Crippen LogP contribution in [0.3, 0.4) is 0 Å². The van der Waals surface area contributed by atoms with Crippen molar-refractivity contribution in [2.24, 2.45) is 0 Å². The number of phenolic OH excluding ortho intramolecular Hbond substituents is 2. The fourth-order valence-electron chi connectivity index (χ4n) is 1.00. The van der Waals surface area contributed by atoms with Crippen LogP contribution in [0.5, 0.6) is 11.5 Å². The van der Waals surface area contributed by atoms with Crippen LogP contribution in [0, 0.1) is 0 Å². The number of rotatable bonds is 2. The Kier molecular flexibility index (Phi) is 3.35. The van der Waals surface area contributed by atoms with E-state index in [1.807, 2.05) is 0 Å². The molecule has 0 aliphatic heterocycles. The molecule has 0 saturated carbocycles. The van der Waals surface area contributed by atoms with E-state index in [2.05, 4.69) is 20.7 Å². The molecule has 0 atom stereocenters. The molecule has 0 heterocycles. The third-order valence-corrected chi connectivity index (χ3v) is 2.29. The van der Waals surface area contributed by atoms with E-state index in [9.17, 15) is 15.0 Å². The highest BCUT2D eigenvalue weighted by molar-refractivity contribution is 9.10. The zero-order chi connectivity index (χ0) is 10.7. The predicted molar refractivity (Wildman–Crippen MR) is 53.2 cm³/mol. The van der Waals surface area contributed by atoms with Gasteiger partial charge in [-0.3, -0.25) is 4.79 Å². The summed E-state index contributed by atoms with van der Waals surface area (Å²) in [6.45, 7) is 0. The molecular weight excluding hydrogens is 252 g/mol. The molecule has 14 heavy (non-hydrogen) atoms. The maximum Gasteiger partial charge on any atom is 0.310 e. The Morgan fingerprint density at radius 1 is 1.50 bits per heavy atom. The average Bonchev–Trinajstić information content (AvgIpc) is 2.13. The van der Waals surface area contributed by atoms with Crippen molar-refractivity contribution in [1.82, 2.24) is 0 Å². The van der Waals surface area contributed by atoms with Gasteiger partial charge in [0.15, 0.2) is 0 Å². The monoisotopic (exact) mass is 260 g/mol. The van der Waals surface area contributed by atoms with Crippen molar-refractivity contribution in [3.63, 3.8) is 0 Å². The van der Waals surface area contributed by atoms with Crippen molar-refractivity contribution in [2.75, 3.05) is 7.11 Å². The van der Waals surface area contributed by atoms with Crippen LogP contribution >= 0.6 is 15.9 Å². The molecule has 1 aromatic carbocycles. The summed E-state index contributed by atoms with van der Waals surface area (Å²) in [5, 5.41) is 18.7. The Morgan fingerprint density at radius 2 is 2.14 bits per heavy atom. The van der Waals surface area contributed by atoms with Crippen molar-refractivity contribution in [3.8, 4) is 11.5 Å². The van der Waals surface area contributed by atoms with Crippen molar-refractivity contribution < 1.29 is 19.7 Å². The summed E-state index contributed by atoms with van der Waals surface area (Å²) in [7, 11) is 1.26. The first-order chi connectivity index (χ1) is 6.54. The molecular formula is C9H9BrO4. The molecule has 4 nitrogen and oxygen atoms in total. The second-order valence-electron chi connectivity index (χ2n) is 2.69. The van der Waals surface area contributed by atoms with Gasteiger partial charge in [-0.15, -0.1) is 0 Å². The first-order valence-electron chi connectivity index (χ1n) is 3.81. The molecule has 0 aromatic heterocycles. The van der Waals surface area contributed by atoms with Crippen molar-refractivity contribution in [1.29, 1.82) is 0 Å². The lowest BCUT2D eigenvalue weighted by molar-refractivity contribution is -0.139. The van der Waals surface area contributed by atoms with Crippen LogP contribution in [0.1, 0.15) is 5.56 Å². The highest BCUT2D eigenvalue weighted by Gasteiger charge is 2.11.